The van der Waals surface area contributed by atoms with Crippen molar-refractivity contribution in [3.8, 4) is 5.75 Å². The van der Waals surface area contributed by atoms with E-state index >= 15 is 0 Å². The number of aromatic hydroxyl groups is 1. The summed E-state index contributed by atoms with van der Waals surface area (Å²) in [5, 5.41) is 20.4. The number of phenolic OH excluding ortho intramolecular Hbond substituents is 1. The fourth-order valence-electron chi connectivity index (χ4n) is 2.84. The topological polar surface area (TPSA) is 80.0 Å². The first kappa shape index (κ1) is 17.7. The largest absolute Gasteiger partial charge is 0.508 e. The molecule has 0 saturated heterocycles. The second-order valence-electron chi connectivity index (χ2n) is 6.25. The third kappa shape index (κ3) is 4.69. The van der Waals surface area contributed by atoms with Crippen LogP contribution >= 0.6 is 0 Å². The van der Waals surface area contributed by atoms with Crippen molar-refractivity contribution in [2.24, 2.45) is 0 Å². The lowest BCUT2D eigenvalue weighted by atomic mass is 9.91. The van der Waals surface area contributed by atoms with Gasteiger partial charge in [0, 0.05) is 12.7 Å². The molecule has 6 nitrogen and oxygen atoms in total. The molecule has 1 heterocycles. The molecule has 1 unspecified atom stereocenters. The van der Waals surface area contributed by atoms with E-state index in [1.807, 2.05) is 55.6 Å². The first-order valence-corrected chi connectivity index (χ1v) is 8.59. The molecule has 0 fully saturated rings. The maximum Gasteiger partial charge on any atom is 0.227 e. The lowest BCUT2D eigenvalue weighted by Gasteiger charge is -2.17. The summed E-state index contributed by atoms with van der Waals surface area (Å²) in [6.45, 7) is 2.94. The van der Waals surface area contributed by atoms with Crippen LogP contribution in [0.3, 0.4) is 0 Å². The normalized spacial score (nSPS) is 11.9. The van der Waals surface area contributed by atoms with Crippen molar-refractivity contribution in [3.05, 3.63) is 77.6 Å². The standard InChI is InChI=1S/C20H22N4O2/c1-15-14-24(23-22-15)12-11-21-20(26)19(17-5-3-2-4-6-17)13-16-7-9-18(25)10-8-16/h2-10,14,19,25H,11-13H2,1H3,(H,21,26). The summed E-state index contributed by atoms with van der Waals surface area (Å²) < 4.78 is 1.72. The Bertz CT molecular complexity index is 844. The maximum atomic E-state index is 12.8. The molecule has 0 bridgehead atoms. The third-order valence-electron chi connectivity index (χ3n) is 4.19. The van der Waals surface area contributed by atoms with Gasteiger partial charge in [-0.15, -0.1) is 5.10 Å². The Morgan fingerprint density at radius 3 is 2.54 bits per heavy atom. The van der Waals surface area contributed by atoms with E-state index in [9.17, 15) is 9.90 Å². The van der Waals surface area contributed by atoms with Crippen molar-refractivity contribution in [1.29, 1.82) is 0 Å². The monoisotopic (exact) mass is 350 g/mol. The zero-order chi connectivity index (χ0) is 18.4. The van der Waals surface area contributed by atoms with E-state index in [0.717, 1.165) is 16.8 Å². The first-order chi connectivity index (χ1) is 12.6. The lowest BCUT2D eigenvalue weighted by Crippen LogP contribution is -2.33. The van der Waals surface area contributed by atoms with E-state index in [2.05, 4.69) is 15.6 Å². The van der Waals surface area contributed by atoms with Crippen molar-refractivity contribution in [1.82, 2.24) is 20.3 Å². The Morgan fingerprint density at radius 2 is 1.88 bits per heavy atom. The molecule has 1 amide bonds. The highest BCUT2D eigenvalue weighted by Crippen LogP contribution is 2.22. The molecule has 0 aliphatic carbocycles. The van der Waals surface area contributed by atoms with E-state index in [1.54, 1.807) is 16.8 Å². The Kier molecular flexibility index (Phi) is 5.63. The van der Waals surface area contributed by atoms with E-state index in [0.29, 0.717) is 19.5 Å². The van der Waals surface area contributed by atoms with Gasteiger partial charge in [0.1, 0.15) is 5.75 Å². The fourth-order valence-corrected chi connectivity index (χ4v) is 2.84. The highest BCUT2D eigenvalue weighted by molar-refractivity contribution is 5.84. The SMILES string of the molecule is Cc1cn(CCNC(=O)C(Cc2ccc(O)cc2)c2ccccc2)nn1. The van der Waals surface area contributed by atoms with Crippen molar-refractivity contribution >= 4 is 5.91 Å². The summed E-state index contributed by atoms with van der Waals surface area (Å²) in [6.07, 6.45) is 2.41. The van der Waals surface area contributed by atoms with Crippen LogP contribution in [-0.2, 0) is 17.8 Å². The van der Waals surface area contributed by atoms with Crippen molar-refractivity contribution in [2.75, 3.05) is 6.54 Å². The van der Waals surface area contributed by atoms with Crippen LogP contribution in [0, 0.1) is 6.92 Å². The number of carbonyl (C=O) groups is 1. The summed E-state index contributed by atoms with van der Waals surface area (Å²) in [4.78, 5) is 12.8. The number of amides is 1. The van der Waals surface area contributed by atoms with Gasteiger partial charge in [0.05, 0.1) is 18.2 Å². The van der Waals surface area contributed by atoms with Crippen LogP contribution in [0.15, 0.2) is 60.8 Å². The molecule has 3 rings (SSSR count). The van der Waals surface area contributed by atoms with Crippen LogP contribution in [-0.4, -0.2) is 32.6 Å². The first-order valence-electron chi connectivity index (χ1n) is 8.59. The molecule has 0 radical (unpaired) electrons. The van der Waals surface area contributed by atoms with Crippen LogP contribution in [0.4, 0.5) is 0 Å². The molecule has 134 valence electrons. The molecule has 2 N–H and O–H groups in total. The lowest BCUT2D eigenvalue weighted by molar-refractivity contribution is -0.122. The Hall–Kier alpha value is -3.15. The highest BCUT2D eigenvalue weighted by atomic mass is 16.3. The van der Waals surface area contributed by atoms with Gasteiger partial charge in [-0.25, -0.2) is 0 Å². The van der Waals surface area contributed by atoms with Crippen molar-refractivity contribution < 1.29 is 9.90 Å². The molecule has 1 aromatic heterocycles. The predicted molar refractivity (Wildman–Crippen MR) is 98.8 cm³/mol. The van der Waals surface area contributed by atoms with Gasteiger partial charge in [0.2, 0.25) is 5.91 Å². The summed E-state index contributed by atoms with van der Waals surface area (Å²) in [7, 11) is 0. The summed E-state index contributed by atoms with van der Waals surface area (Å²) in [5.41, 5.74) is 2.82. The molecule has 0 spiro atoms. The molecule has 0 aliphatic rings. The van der Waals surface area contributed by atoms with Gasteiger partial charge in [-0.1, -0.05) is 47.7 Å². The number of phenols is 1. The molecule has 26 heavy (non-hydrogen) atoms. The van der Waals surface area contributed by atoms with E-state index in [1.165, 1.54) is 0 Å². The van der Waals surface area contributed by atoms with Gasteiger partial charge < -0.3 is 10.4 Å². The number of aromatic nitrogens is 3. The van der Waals surface area contributed by atoms with Crippen molar-refractivity contribution in [2.45, 2.75) is 25.8 Å². The average molecular weight is 350 g/mol. The second-order valence-corrected chi connectivity index (χ2v) is 6.25. The van der Waals surface area contributed by atoms with Gasteiger partial charge in [-0.05, 0) is 36.6 Å². The van der Waals surface area contributed by atoms with Gasteiger partial charge in [0.15, 0.2) is 0 Å². The summed E-state index contributed by atoms with van der Waals surface area (Å²) in [5.74, 6) is -0.100. The molecule has 1 atom stereocenters. The summed E-state index contributed by atoms with van der Waals surface area (Å²) >= 11 is 0. The van der Waals surface area contributed by atoms with Crippen molar-refractivity contribution in [3.63, 3.8) is 0 Å². The zero-order valence-electron chi connectivity index (χ0n) is 14.7. The number of benzene rings is 2. The molecular weight excluding hydrogens is 328 g/mol. The van der Waals surface area contributed by atoms with E-state index in [4.69, 9.17) is 0 Å². The van der Waals surface area contributed by atoms with Crippen LogP contribution in [0.25, 0.3) is 0 Å². The highest BCUT2D eigenvalue weighted by Gasteiger charge is 2.20. The molecular formula is C20H22N4O2. The number of carbonyl (C=O) groups excluding carboxylic acids is 1. The maximum absolute atomic E-state index is 12.8. The molecule has 6 heteroatoms. The molecule has 0 aliphatic heterocycles. The Morgan fingerprint density at radius 1 is 1.15 bits per heavy atom. The average Bonchev–Trinajstić information content (AvgIpc) is 3.07. The predicted octanol–water partition coefficient (Wildman–Crippen LogP) is 2.43. The quantitative estimate of drug-likeness (QED) is 0.686. The minimum atomic E-state index is -0.293. The number of nitrogens with zero attached hydrogens (tertiary/aromatic N) is 3. The fraction of sp³-hybridized carbons (Fsp3) is 0.250. The van der Waals surface area contributed by atoms with Crippen LogP contribution in [0.2, 0.25) is 0 Å². The minimum absolute atomic E-state index is 0.0267. The molecule has 3 aromatic rings. The zero-order valence-corrected chi connectivity index (χ0v) is 14.7. The third-order valence-corrected chi connectivity index (χ3v) is 4.19. The summed E-state index contributed by atoms with van der Waals surface area (Å²) in [6, 6.07) is 16.7. The smallest absolute Gasteiger partial charge is 0.227 e. The Balaban J connectivity index is 1.67. The Labute approximate surface area is 152 Å². The van der Waals surface area contributed by atoms with Gasteiger partial charge >= 0.3 is 0 Å². The van der Waals surface area contributed by atoms with Crippen LogP contribution in [0.5, 0.6) is 5.75 Å². The number of aryl methyl sites for hydroxylation is 1. The minimum Gasteiger partial charge on any atom is -0.508 e. The van der Waals surface area contributed by atoms with Crippen LogP contribution in [0.1, 0.15) is 22.7 Å². The van der Waals surface area contributed by atoms with Gasteiger partial charge in [-0.3, -0.25) is 9.48 Å². The second kappa shape index (κ2) is 8.29. The van der Waals surface area contributed by atoms with E-state index < -0.39 is 0 Å². The van der Waals surface area contributed by atoms with E-state index in [-0.39, 0.29) is 17.6 Å². The number of nitrogens with one attached hydrogen (secondary N) is 1. The van der Waals surface area contributed by atoms with Gasteiger partial charge in [0.25, 0.3) is 0 Å². The number of hydrogen-bond acceptors (Lipinski definition) is 4. The molecule has 0 saturated carbocycles. The van der Waals surface area contributed by atoms with Crippen LogP contribution < -0.4 is 5.32 Å². The van der Waals surface area contributed by atoms with Gasteiger partial charge in [-0.2, -0.15) is 0 Å². The molecule has 2 aromatic carbocycles. The number of rotatable bonds is 7. The number of hydrogen-bond donors (Lipinski definition) is 2.